The Morgan fingerprint density at radius 3 is 2.80 bits per heavy atom. The first-order chi connectivity index (χ1) is 6.72. The minimum atomic E-state index is 0. The van der Waals surface area contributed by atoms with E-state index in [1.54, 1.807) is 0 Å². The van der Waals surface area contributed by atoms with Crippen LogP contribution in [0.25, 0.3) is 0 Å². The Balaban J connectivity index is 0.00000196. The molecule has 5 heteroatoms. The molecule has 0 saturated heterocycles. The van der Waals surface area contributed by atoms with E-state index in [-0.39, 0.29) is 18.3 Å². The minimum absolute atomic E-state index is 0. The van der Waals surface area contributed by atoms with Gasteiger partial charge in [-0.15, -0.1) is 12.4 Å². The normalized spacial score (nSPS) is 9.20. The van der Waals surface area contributed by atoms with Crippen LogP contribution in [-0.2, 0) is 4.79 Å². The lowest BCUT2D eigenvalue weighted by molar-refractivity contribution is -0.116. The first kappa shape index (κ1) is 14.4. The van der Waals surface area contributed by atoms with Gasteiger partial charge in [-0.2, -0.15) is 0 Å². The summed E-state index contributed by atoms with van der Waals surface area (Å²) in [5.41, 5.74) is 6.11. The van der Waals surface area contributed by atoms with E-state index in [0.29, 0.717) is 13.0 Å². The van der Waals surface area contributed by atoms with E-state index in [4.69, 9.17) is 5.73 Å². The number of amides is 1. The molecule has 0 atom stereocenters. The zero-order valence-corrected chi connectivity index (χ0v) is 10.6. The number of anilines is 1. The third kappa shape index (κ3) is 5.77. The second-order valence-electron chi connectivity index (χ2n) is 2.95. The highest BCUT2D eigenvalue weighted by atomic mass is 79.9. The van der Waals surface area contributed by atoms with Gasteiger partial charge >= 0.3 is 0 Å². The number of halogens is 2. The summed E-state index contributed by atoms with van der Waals surface area (Å²) in [4.78, 5) is 11.3. The summed E-state index contributed by atoms with van der Waals surface area (Å²) in [6.07, 6.45) is 1.20. The zero-order chi connectivity index (χ0) is 10.4. The van der Waals surface area contributed by atoms with Gasteiger partial charge in [-0.05, 0) is 31.2 Å². The van der Waals surface area contributed by atoms with Gasteiger partial charge in [-0.25, -0.2) is 0 Å². The largest absolute Gasteiger partial charge is 0.330 e. The number of nitrogens with two attached hydrogens (primary N) is 1. The second-order valence-corrected chi connectivity index (χ2v) is 3.87. The molecule has 0 heterocycles. The van der Waals surface area contributed by atoms with Crippen molar-refractivity contribution < 1.29 is 4.79 Å². The first-order valence-corrected chi connectivity index (χ1v) is 5.27. The maximum atomic E-state index is 11.3. The Morgan fingerprint density at radius 1 is 1.47 bits per heavy atom. The van der Waals surface area contributed by atoms with Gasteiger partial charge in [-0.1, -0.05) is 22.0 Å². The first-order valence-electron chi connectivity index (χ1n) is 4.48. The van der Waals surface area contributed by atoms with Crippen LogP contribution in [0.3, 0.4) is 0 Å². The van der Waals surface area contributed by atoms with E-state index in [1.807, 2.05) is 24.3 Å². The molecule has 1 aromatic rings. The third-order valence-electron chi connectivity index (χ3n) is 1.72. The van der Waals surface area contributed by atoms with Crippen LogP contribution in [0.5, 0.6) is 0 Å². The summed E-state index contributed by atoms with van der Waals surface area (Å²) >= 11 is 3.33. The van der Waals surface area contributed by atoms with Crippen molar-refractivity contribution >= 4 is 39.9 Å². The smallest absolute Gasteiger partial charge is 0.224 e. The van der Waals surface area contributed by atoms with E-state index >= 15 is 0 Å². The quantitative estimate of drug-likeness (QED) is 0.896. The summed E-state index contributed by atoms with van der Waals surface area (Å²) in [6.45, 7) is 0.548. The fourth-order valence-electron chi connectivity index (χ4n) is 1.05. The lowest BCUT2D eigenvalue weighted by atomic mass is 10.2. The van der Waals surface area contributed by atoms with Gasteiger partial charge in [0, 0.05) is 16.6 Å². The van der Waals surface area contributed by atoms with Gasteiger partial charge in [0.1, 0.15) is 0 Å². The van der Waals surface area contributed by atoms with Crippen molar-refractivity contribution in [1.29, 1.82) is 0 Å². The number of benzene rings is 1. The molecular weight excluding hydrogens is 279 g/mol. The standard InChI is InChI=1S/C10H13BrN2O.ClH/c11-8-3-1-4-9(7-8)13-10(14)5-2-6-12;/h1,3-4,7H,2,5-6,12H2,(H,13,14);1H. The summed E-state index contributed by atoms with van der Waals surface area (Å²) < 4.78 is 0.953. The summed E-state index contributed by atoms with van der Waals surface area (Å²) in [7, 11) is 0. The Hall–Kier alpha value is -0.580. The van der Waals surface area contributed by atoms with Crippen LogP contribution in [0, 0.1) is 0 Å². The van der Waals surface area contributed by atoms with E-state index in [0.717, 1.165) is 16.6 Å². The number of hydrogen-bond acceptors (Lipinski definition) is 2. The Bertz CT molecular complexity index is 320. The SMILES string of the molecule is Cl.NCCCC(=O)Nc1cccc(Br)c1. The number of rotatable bonds is 4. The van der Waals surface area contributed by atoms with E-state index in [1.165, 1.54) is 0 Å². The van der Waals surface area contributed by atoms with Crippen molar-refractivity contribution in [3.63, 3.8) is 0 Å². The summed E-state index contributed by atoms with van der Waals surface area (Å²) in [5.74, 6) is 0.00792. The van der Waals surface area contributed by atoms with Crippen LogP contribution in [0.4, 0.5) is 5.69 Å². The van der Waals surface area contributed by atoms with Gasteiger partial charge in [0.25, 0.3) is 0 Å². The van der Waals surface area contributed by atoms with Crippen LogP contribution in [0.2, 0.25) is 0 Å². The van der Waals surface area contributed by atoms with Crippen molar-refractivity contribution in [2.75, 3.05) is 11.9 Å². The van der Waals surface area contributed by atoms with E-state index in [2.05, 4.69) is 21.2 Å². The molecule has 0 fully saturated rings. The van der Waals surface area contributed by atoms with Crippen molar-refractivity contribution in [2.24, 2.45) is 5.73 Å². The van der Waals surface area contributed by atoms with Crippen molar-refractivity contribution in [2.45, 2.75) is 12.8 Å². The van der Waals surface area contributed by atoms with Gasteiger partial charge in [0.15, 0.2) is 0 Å². The van der Waals surface area contributed by atoms with Crippen molar-refractivity contribution in [3.8, 4) is 0 Å². The number of carbonyl (C=O) groups is 1. The molecule has 0 aliphatic rings. The van der Waals surface area contributed by atoms with Gasteiger partial charge in [-0.3, -0.25) is 4.79 Å². The molecular formula is C10H14BrClN2O. The molecule has 84 valence electrons. The topological polar surface area (TPSA) is 55.1 Å². The van der Waals surface area contributed by atoms with E-state index in [9.17, 15) is 4.79 Å². The second kappa shape index (κ2) is 7.68. The highest BCUT2D eigenvalue weighted by Crippen LogP contribution is 2.15. The molecule has 0 aromatic heterocycles. The number of nitrogens with one attached hydrogen (secondary N) is 1. The molecule has 1 aromatic carbocycles. The molecule has 0 spiro atoms. The molecule has 3 N–H and O–H groups in total. The molecule has 1 amide bonds. The monoisotopic (exact) mass is 292 g/mol. The molecule has 0 aliphatic heterocycles. The molecule has 0 saturated carbocycles. The maximum Gasteiger partial charge on any atom is 0.224 e. The molecule has 1 rings (SSSR count). The minimum Gasteiger partial charge on any atom is -0.330 e. The summed E-state index contributed by atoms with van der Waals surface area (Å²) in [5, 5.41) is 2.79. The van der Waals surface area contributed by atoms with Gasteiger partial charge < -0.3 is 11.1 Å². The van der Waals surface area contributed by atoms with Gasteiger partial charge in [0.2, 0.25) is 5.91 Å². The average molecular weight is 294 g/mol. The zero-order valence-electron chi connectivity index (χ0n) is 8.20. The van der Waals surface area contributed by atoms with Crippen molar-refractivity contribution in [1.82, 2.24) is 0 Å². The molecule has 0 aliphatic carbocycles. The number of hydrogen-bond donors (Lipinski definition) is 2. The highest BCUT2D eigenvalue weighted by Gasteiger charge is 2.00. The average Bonchev–Trinajstić information content (AvgIpc) is 2.15. The maximum absolute atomic E-state index is 11.3. The van der Waals surface area contributed by atoms with Crippen LogP contribution in [0.1, 0.15) is 12.8 Å². The van der Waals surface area contributed by atoms with Crippen LogP contribution < -0.4 is 11.1 Å². The Labute approximate surface area is 104 Å². The molecule has 0 bridgehead atoms. The van der Waals surface area contributed by atoms with E-state index < -0.39 is 0 Å². The molecule has 3 nitrogen and oxygen atoms in total. The number of carbonyl (C=O) groups excluding carboxylic acids is 1. The Kier molecular flexibility index (Phi) is 7.38. The van der Waals surface area contributed by atoms with Crippen LogP contribution in [-0.4, -0.2) is 12.5 Å². The lowest BCUT2D eigenvalue weighted by Crippen LogP contribution is -2.13. The predicted octanol–water partition coefficient (Wildman–Crippen LogP) is 2.55. The predicted molar refractivity (Wildman–Crippen MR) is 68.3 cm³/mol. The highest BCUT2D eigenvalue weighted by molar-refractivity contribution is 9.10. The molecule has 0 unspecified atom stereocenters. The third-order valence-corrected chi connectivity index (χ3v) is 2.21. The Morgan fingerprint density at radius 2 is 2.20 bits per heavy atom. The van der Waals surface area contributed by atoms with Crippen molar-refractivity contribution in [3.05, 3.63) is 28.7 Å². The van der Waals surface area contributed by atoms with Gasteiger partial charge in [0.05, 0.1) is 0 Å². The summed E-state index contributed by atoms with van der Waals surface area (Å²) in [6, 6.07) is 7.50. The molecule has 15 heavy (non-hydrogen) atoms. The molecule has 0 radical (unpaired) electrons. The van der Waals surface area contributed by atoms with Crippen LogP contribution in [0.15, 0.2) is 28.7 Å². The fraction of sp³-hybridized carbons (Fsp3) is 0.300. The fourth-order valence-corrected chi connectivity index (χ4v) is 1.45. The van der Waals surface area contributed by atoms with Crippen LogP contribution >= 0.6 is 28.3 Å². The lowest BCUT2D eigenvalue weighted by Gasteiger charge is -2.04.